The smallest absolute Gasteiger partial charge is 0.337 e. The van der Waals surface area contributed by atoms with Crippen molar-refractivity contribution < 1.29 is 14.7 Å². The van der Waals surface area contributed by atoms with Crippen molar-refractivity contribution >= 4 is 17.7 Å². The molecule has 6 heteroatoms. The summed E-state index contributed by atoms with van der Waals surface area (Å²) in [7, 11) is 1.96. The minimum Gasteiger partial charge on any atom is -0.478 e. The Labute approximate surface area is 112 Å². The molecular weight excluding hydrogens is 246 g/mol. The van der Waals surface area contributed by atoms with Crippen molar-refractivity contribution in [2.75, 3.05) is 32.0 Å². The molecule has 0 aliphatic heterocycles. The lowest BCUT2D eigenvalue weighted by Gasteiger charge is -2.14. The van der Waals surface area contributed by atoms with Crippen molar-refractivity contribution in [3.8, 4) is 0 Å². The van der Waals surface area contributed by atoms with Crippen LogP contribution in [0.4, 0.5) is 10.5 Å². The Bertz CT molecular complexity index is 449. The van der Waals surface area contributed by atoms with E-state index in [2.05, 4.69) is 15.5 Å². The molecule has 0 spiro atoms. The number of nitrogens with zero attached hydrogens (tertiary/aromatic N) is 1. The van der Waals surface area contributed by atoms with Gasteiger partial charge in [-0.1, -0.05) is 19.1 Å². The van der Waals surface area contributed by atoms with Crippen LogP contribution in [0.5, 0.6) is 0 Å². The summed E-state index contributed by atoms with van der Waals surface area (Å²) in [5.74, 6) is -1.07. The van der Waals surface area contributed by atoms with Gasteiger partial charge in [0.2, 0.25) is 0 Å². The Kier molecular flexibility index (Phi) is 5.81. The van der Waals surface area contributed by atoms with E-state index in [1.54, 1.807) is 18.2 Å². The Hall–Kier alpha value is -2.08. The molecule has 0 aliphatic rings. The number of rotatable bonds is 6. The number of hydrogen-bond donors (Lipinski definition) is 3. The fourth-order valence-corrected chi connectivity index (χ4v) is 1.46. The molecule has 0 saturated carbocycles. The molecule has 0 aromatic heterocycles. The Morgan fingerprint density at radius 2 is 2.00 bits per heavy atom. The highest BCUT2D eigenvalue weighted by atomic mass is 16.4. The first-order chi connectivity index (χ1) is 9.04. The van der Waals surface area contributed by atoms with E-state index in [0.717, 1.165) is 13.1 Å². The van der Waals surface area contributed by atoms with E-state index in [1.807, 2.05) is 14.0 Å². The van der Waals surface area contributed by atoms with Gasteiger partial charge in [-0.25, -0.2) is 9.59 Å². The van der Waals surface area contributed by atoms with Crippen LogP contribution in [0.3, 0.4) is 0 Å². The minimum absolute atomic E-state index is 0.0725. The zero-order valence-electron chi connectivity index (χ0n) is 11.1. The number of carbonyl (C=O) groups is 2. The third kappa shape index (κ3) is 4.97. The summed E-state index contributed by atoms with van der Waals surface area (Å²) >= 11 is 0. The van der Waals surface area contributed by atoms with Crippen molar-refractivity contribution in [1.29, 1.82) is 0 Å². The van der Waals surface area contributed by atoms with Gasteiger partial charge in [-0.15, -0.1) is 0 Å². The summed E-state index contributed by atoms with van der Waals surface area (Å²) in [6.07, 6.45) is 0. The monoisotopic (exact) mass is 265 g/mol. The molecule has 0 unspecified atom stereocenters. The molecule has 0 saturated heterocycles. The normalized spacial score (nSPS) is 10.3. The molecule has 1 rings (SSSR count). The number of likely N-dealkylation sites (N-methyl/N-ethyl adjacent to an activating group) is 1. The van der Waals surface area contributed by atoms with Crippen molar-refractivity contribution in [3.05, 3.63) is 29.8 Å². The number of para-hydroxylation sites is 1. The molecule has 0 heterocycles. The van der Waals surface area contributed by atoms with Crippen LogP contribution in [-0.4, -0.2) is 48.7 Å². The predicted molar refractivity (Wildman–Crippen MR) is 73.6 cm³/mol. The largest absolute Gasteiger partial charge is 0.478 e. The van der Waals surface area contributed by atoms with E-state index in [-0.39, 0.29) is 11.3 Å². The molecule has 0 aliphatic carbocycles. The van der Waals surface area contributed by atoms with Gasteiger partial charge in [0.1, 0.15) is 0 Å². The van der Waals surface area contributed by atoms with E-state index in [0.29, 0.717) is 6.54 Å². The molecule has 0 fully saturated rings. The summed E-state index contributed by atoms with van der Waals surface area (Å²) in [4.78, 5) is 24.7. The van der Waals surface area contributed by atoms with E-state index in [4.69, 9.17) is 5.11 Å². The Morgan fingerprint density at radius 3 is 2.63 bits per heavy atom. The van der Waals surface area contributed by atoms with Gasteiger partial charge >= 0.3 is 12.0 Å². The van der Waals surface area contributed by atoms with Crippen LogP contribution in [0.2, 0.25) is 0 Å². The quantitative estimate of drug-likeness (QED) is 0.727. The van der Waals surface area contributed by atoms with Gasteiger partial charge in [0.05, 0.1) is 11.3 Å². The summed E-state index contributed by atoms with van der Waals surface area (Å²) in [5, 5.41) is 14.2. The maximum Gasteiger partial charge on any atom is 0.337 e. The molecule has 0 radical (unpaired) electrons. The number of nitrogens with one attached hydrogen (secondary N) is 2. The van der Waals surface area contributed by atoms with E-state index < -0.39 is 12.0 Å². The second-order valence-corrected chi connectivity index (χ2v) is 4.13. The van der Waals surface area contributed by atoms with Crippen molar-refractivity contribution in [2.45, 2.75) is 6.92 Å². The molecule has 3 N–H and O–H groups in total. The van der Waals surface area contributed by atoms with Gasteiger partial charge in [0, 0.05) is 13.1 Å². The van der Waals surface area contributed by atoms with Crippen LogP contribution in [-0.2, 0) is 0 Å². The molecule has 6 nitrogen and oxygen atoms in total. The van der Waals surface area contributed by atoms with Crippen molar-refractivity contribution in [3.63, 3.8) is 0 Å². The molecule has 1 aromatic rings. The predicted octanol–water partition coefficient (Wildman–Crippen LogP) is 1.46. The first-order valence-corrected chi connectivity index (χ1v) is 6.10. The van der Waals surface area contributed by atoms with Gasteiger partial charge in [0.15, 0.2) is 0 Å². The van der Waals surface area contributed by atoms with Crippen LogP contribution >= 0.6 is 0 Å². The maximum atomic E-state index is 11.6. The zero-order chi connectivity index (χ0) is 14.3. The standard InChI is InChI=1S/C13H19N3O3/c1-3-16(2)9-8-14-13(19)15-11-7-5-4-6-10(11)12(17)18/h4-7H,3,8-9H2,1-2H3,(H,17,18)(H2,14,15,19). The number of carboxylic acids is 1. The summed E-state index contributed by atoms with van der Waals surface area (Å²) in [6.45, 7) is 4.18. The van der Waals surface area contributed by atoms with Crippen LogP contribution < -0.4 is 10.6 Å². The molecular formula is C13H19N3O3. The minimum atomic E-state index is -1.07. The molecule has 1 aromatic carbocycles. The third-order valence-electron chi connectivity index (χ3n) is 2.72. The Morgan fingerprint density at radius 1 is 1.32 bits per heavy atom. The first-order valence-electron chi connectivity index (χ1n) is 6.10. The highest BCUT2D eigenvalue weighted by molar-refractivity contribution is 5.99. The van der Waals surface area contributed by atoms with Crippen molar-refractivity contribution in [2.24, 2.45) is 0 Å². The fourth-order valence-electron chi connectivity index (χ4n) is 1.46. The zero-order valence-corrected chi connectivity index (χ0v) is 11.1. The number of hydrogen-bond acceptors (Lipinski definition) is 3. The van der Waals surface area contributed by atoms with Gasteiger partial charge in [0.25, 0.3) is 0 Å². The first kappa shape index (κ1) is 15.0. The van der Waals surface area contributed by atoms with E-state index in [9.17, 15) is 9.59 Å². The second kappa shape index (κ2) is 7.38. The van der Waals surface area contributed by atoms with Gasteiger partial charge in [-0.3, -0.25) is 0 Å². The third-order valence-corrected chi connectivity index (χ3v) is 2.72. The van der Waals surface area contributed by atoms with Crippen LogP contribution in [0, 0.1) is 0 Å². The number of carboxylic acid groups (broad SMARTS) is 1. The van der Waals surface area contributed by atoms with Crippen LogP contribution in [0.25, 0.3) is 0 Å². The van der Waals surface area contributed by atoms with Gasteiger partial charge in [-0.05, 0) is 25.7 Å². The SMILES string of the molecule is CCN(C)CCNC(=O)Nc1ccccc1C(=O)O. The number of amides is 2. The molecule has 19 heavy (non-hydrogen) atoms. The molecule has 0 bridgehead atoms. The number of carbonyl (C=O) groups excluding carboxylic acids is 1. The summed E-state index contributed by atoms with van der Waals surface area (Å²) < 4.78 is 0. The van der Waals surface area contributed by atoms with Gasteiger partial charge in [-0.2, -0.15) is 0 Å². The molecule has 2 amide bonds. The number of anilines is 1. The number of aromatic carboxylic acids is 1. The van der Waals surface area contributed by atoms with Crippen molar-refractivity contribution in [1.82, 2.24) is 10.2 Å². The number of urea groups is 1. The average molecular weight is 265 g/mol. The van der Waals surface area contributed by atoms with Crippen LogP contribution in [0.15, 0.2) is 24.3 Å². The summed E-state index contributed by atoms with van der Waals surface area (Å²) in [5.41, 5.74) is 0.361. The van der Waals surface area contributed by atoms with Crippen LogP contribution in [0.1, 0.15) is 17.3 Å². The molecule has 0 atom stereocenters. The van der Waals surface area contributed by atoms with Gasteiger partial charge < -0.3 is 20.6 Å². The number of benzene rings is 1. The lowest BCUT2D eigenvalue weighted by Crippen LogP contribution is -2.35. The van der Waals surface area contributed by atoms with E-state index >= 15 is 0 Å². The fraction of sp³-hybridized carbons (Fsp3) is 0.385. The Balaban J connectivity index is 2.51. The molecule has 104 valence electrons. The highest BCUT2D eigenvalue weighted by Crippen LogP contribution is 2.14. The lowest BCUT2D eigenvalue weighted by molar-refractivity contribution is 0.0698. The highest BCUT2D eigenvalue weighted by Gasteiger charge is 2.11. The topological polar surface area (TPSA) is 81.7 Å². The lowest BCUT2D eigenvalue weighted by atomic mass is 10.2. The second-order valence-electron chi connectivity index (χ2n) is 4.13. The van der Waals surface area contributed by atoms with E-state index in [1.165, 1.54) is 6.07 Å². The maximum absolute atomic E-state index is 11.6. The average Bonchev–Trinajstić information content (AvgIpc) is 2.38. The summed E-state index contributed by atoms with van der Waals surface area (Å²) in [6, 6.07) is 5.89.